The molecule has 0 aliphatic rings. The minimum absolute atomic E-state index is 0.135. The van der Waals surface area contributed by atoms with Crippen molar-refractivity contribution in [2.45, 2.75) is 27.3 Å². The summed E-state index contributed by atoms with van der Waals surface area (Å²) in [5.74, 6) is -0.568. The first-order valence-corrected chi connectivity index (χ1v) is 13.8. The molecule has 0 fully saturated rings. The number of benzene rings is 3. The number of para-hydroxylation sites is 1. The van der Waals surface area contributed by atoms with Crippen molar-refractivity contribution in [1.29, 1.82) is 0 Å². The first kappa shape index (κ1) is 27.6. The summed E-state index contributed by atoms with van der Waals surface area (Å²) in [7, 11) is -3.48. The molecular weight excluding hydrogens is 499 g/mol. The van der Waals surface area contributed by atoms with Crippen LogP contribution in [0.3, 0.4) is 0 Å². The lowest BCUT2D eigenvalue weighted by Crippen LogP contribution is -2.27. The number of hydrogen-bond acceptors (Lipinski definition) is 6. The van der Waals surface area contributed by atoms with Crippen LogP contribution in [0.15, 0.2) is 66.7 Å². The summed E-state index contributed by atoms with van der Waals surface area (Å²) in [5.41, 5.74) is 4.17. The van der Waals surface area contributed by atoms with Crippen LogP contribution in [0.4, 0.5) is 11.4 Å². The molecule has 2 N–H and O–H groups in total. The molecule has 0 heterocycles. The van der Waals surface area contributed by atoms with Gasteiger partial charge >= 0.3 is 7.60 Å². The van der Waals surface area contributed by atoms with Gasteiger partial charge in [-0.15, -0.1) is 0 Å². The zero-order chi connectivity index (χ0) is 26.1. The number of anilines is 2. The second kappa shape index (κ2) is 12.8. The fraction of sp³-hybridized carbons (Fsp3) is 0.259. The van der Waals surface area contributed by atoms with Gasteiger partial charge in [0.15, 0.2) is 5.78 Å². The number of amides is 1. The average Bonchev–Trinajstić information content (AvgIpc) is 2.84. The van der Waals surface area contributed by atoms with E-state index in [9.17, 15) is 14.2 Å². The molecule has 36 heavy (non-hydrogen) atoms. The molecule has 7 nitrogen and oxygen atoms in total. The maximum Gasteiger partial charge on any atom is 0.340 e. The number of rotatable bonds is 12. The Morgan fingerprint density at radius 1 is 0.917 bits per heavy atom. The number of nitrogens with one attached hydrogen (secondary N) is 2. The fourth-order valence-corrected chi connectivity index (χ4v) is 5.42. The van der Waals surface area contributed by atoms with Gasteiger partial charge in [-0.2, -0.15) is 0 Å². The third kappa shape index (κ3) is 7.28. The predicted molar refractivity (Wildman–Crippen MR) is 143 cm³/mol. The molecule has 3 rings (SSSR count). The van der Waals surface area contributed by atoms with Crippen LogP contribution in [0.2, 0.25) is 5.02 Å². The topological polar surface area (TPSA) is 93.7 Å². The number of carbonyl (C=O) groups is 2. The first-order valence-electron chi connectivity index (χ1n) is 11.7. The Kier molecular flexibility index (Phi) is 9.85. The van der Waals surface area contributed by atoms with Gasteiger partial charge in [-0.05, 0) is 56.2 Å². The van der Waals surface area contributed by atoms with Crippen molar-refractivity contribution >= 4 is 42.3 Å². The van der Waals surface area contributed by atoms with Crippen LogP contribution >= 0.6 is 19.2 Å². The zero-order valence-corrected chi connectivity index (χ0v) is 22.2. The Morgan fingerprint density at radius 3 is 2.25 bits per heavy atom. The smallest absolute Gasteiger partial charge is 0.340 e. The molecule has 1 amide bonds. The molecule has 0 aromatic heterocycles. The van der Waals surface area contributed by atoms with Crippen LogP contribution in [0, 0.1) is 6.92 Å². The lowest BCUT2D eigenvalue weighted by atomic mass is 9.99. The van der Waals surface area contributed by atoms with E-state index in [-0.39, 0.29) is 31.7 Å². The second-order valence-electron chi connectivity index (χ2n) is 8.00. The summed E-state index contributed by atoms with van der Waals surface area (Å²) in [6, 6.07) is 20.0. The summed E-state index contributed by atoms with van der Waals surface area (Å²) < 4.78 is 23.0. The molecular formula is C27H30ClN2O5P. The van der Waals surface area contributed by atoms with E-state index in [0.717, 1.165) is 16.8 Å². The Bertz CT molecular complexity index is 1270. The standard InChI is InChI=1S/C27H30ClN2O5P/c1-4-34-36(33,35-5-2)18-26(31)29-17-20-11-7-9-13-25(20)30-21-14-15-23(24(28)16-21)27(32)22-12-8-6-10-19(22)3/h6-16,30H,4-5,17-18H2,1-3H3,(H,29,31). The second-order valence-corrected chi connectivity index (χ2v) is 10.5. The van der Waals surface area contributed by atoms with Gasteiger partial charge < -0.3 is 19.7 Å². The summed E-state index contributed by atoms with van der Waals surface area (Å²) in [5, 5.41) is 6.40. The van der Waals surface area contributed by atoms with E-state index >= 15 is 0 Å². The van der Waals surface area contributed by atoms with Gasteiger partial charge in [-0.25, -0.2) is 0 Å². The van der Waals surface area contributed by atoms with Crippen LogP contribution in [0.25, 0.3) is 0 Å². The summed E-state index contributed by atoms with van der Waals surface area (Å²) in [6.07, 6.45) is -0.351. The molecule has 0 saturated carbocycles. The van der Waals surface area contributed by atoms with Crippen LogP contribution in [-0.2, 0) is 25.0 Å². The maximum atomic E-state index is 13.0. The van der Waals surface area contributed by atoms with E-state index in [1.807, 2.05) is 49.4 Å². The maximum absolute atomic E-state index is 13.0. The van der Waals surface area contributed by atoms with Gasteiger partial charge in [0.2, 0.25) is 5.91 Å². The van der Waals surface area contributed by atoms with Gasteiger partial charge in [0.25, 0.3) is 0 Å². The molecule has 0 unspecified atom stereocenters. The van der Waals surface area contributed by atoms with Gasteiger partial charge in [0, 0.05) is 29.0 Å². The van der Waals surface area contributed by atoms with Crippen LogP contribution in [0.5, 0.6) is 0 Å². The zero-order valence-electron chi connectivity index (χ0n) is 20.5. The Hall–Kier alpha value is -2.96. The minimum atomic E-state index is -3.48. The molecule has 0 saturated heterocycles. The Labute approximate surface area is 216 Å². The minimum Gasteiger partial charge on any atom is -0.355 e. The number of halogens is 1. The van der Waals surface area contributed by atoms with E-state index in [2.05, 4.69) is 10.6 Å². The normalized spacial score (nSPS) is 11.2. The number of carbonyl (C=O) groups excluding carboxylic acids is 2. The first-order chi connectivity index (χ1) is 17.3. The average molecular weight is 529 g/mol. The lowest BCUT2D eigenvalue weighted by molar-refractivity contribution is -0.119. The highest BCUT2D eigenvalue weighted by Crippen LogP contribution is 2.47. The van der Waals surface area contributed by atoms with Gasteiger partial charge in [0.1, 0.15) is 6.16 Å². The van der Waals surface area contributed by atoms with Gasteiger partial charge in [0.05, 0.1) is 18.2 Å². The van der Waals surface area contributed by atoms with Crippen LogP contribution < -0.4 is 10.6 Å². The molecule has 0 aliphatic carbocycles. The fourth-order valence-electron chi connectivity index (χ4n) is 3.65. The largest absolute Gasteiger partial charge is 0.355 e. The molecule has 3 aromatic rings. The van der Waals surface area contributed by atoms with E-state index < -0.39 is 13.5 Å². The van der Waals surface area contributed by atoms with Crippen molar-refractivity contribution < 1.29 is 23.2 Å². The predicted octanol–water partition coefficient (Wildman–Crippen LogP) is 6.51. The number of ketones is 1. The van der Waals surface area contributed by atoms with Crippen LogP contribution in [0.1, 0.15) is 40.9 Å². The molecule has 0 radical (unpaired) electrons. The molecule has 190 valence electrons. The van der Waals surface area contributed by atoms with E-state index in [1.165, 1.54) is 0 Å². The molecule has 0 bridgehead atoms. The van der Waals surface area contributed by atoms with Crippen molar-refractivity contribution in [2.75, 3.05) is 24.7 Å². The summed E-state index contributed by atoms with van der Waals surface area (Å²) >= 11 is 6.48. The van der Waals surface area contributed by atoms with Gasteiger partial charge in [-0.3, -0.25) is 14.2 Å². The summed E-state index contributed by atoms with van der Waals surface area (Å²) in [6.45, 7) is 5.87. The number of hydrogen-bond donors (Lipinski definition) is 2. The monoisotopic (exact) mass is 528 g/mol. The number of aryl methyl sites for hydroxylation is 1. The molecule has 0 atom stereocenters. The third-order valence-corrected chi connectivity index (χ3v) is 7.66. The van der Waals surface area contributed by atoms with Crippen molar-refractivity contribution in [3.63, 3.8) is 0 Å². The van der Waals surface area contributed by atoms with Crippen molar-refractivity contribution in [3.8, 4) is 0 Å². The SMILES string of the molecule is CCOP(=O)(CC(=O)NCc1ccccc1Nc1ccc(C(=O)c2ccccc2C)c(Cl)c1)OCC. The summed E-state index contributed by atoms with van der Waals surface area (Å²) in [4.78, 5) is 25.4. The highest BCUT2D eigenvalue weighted by atomic mass is 35.5. The molecule has 0 spiro atoms. The lowest BCUT2D eigenvalue weighted by Gasteiger charge is -2.17. The van der Waals surface area contributed by atoms with Crippen molar-refractivity contribution in [2.24, 2.45) is 0 Å². The molecule has 3 aromatic carbocycles. The molecule has 9 heteroatoms. The van der Waals surface area contributed by atoms with Crippen molar-refractivity contribution in [3.05, 3.63) is 94.0 Å². The van der Waals surface area contributed by atoms with E-state index in [1.54, 1.807) is 38.1 Å². The van der Waals surface area contributed by atoms with Crippen molar-refractivity contribution in [1.82, 2.24) is 5.32 Å². The van der Waals surface area contributed by atoms with Gasteiger partial charge in [-0.1, -0.05) is 54.1 Å². The van der Waals surface area contributed by atoms with E-state index in [0.29, 0.717) is 21.8 Å². The third-order valence-electron chi connectivity index (χ3n) is 5.36. The Balaban J connectivity index is 1.70. The molecule has 0 aliphatic heterocycles. The highest BCUT2D eigenvalue weighted by Gasteiger charge is 2.27. The van der Waals surface area contributed by atoms with E-state index in [4.69, 9.17) is 20.6 Å². The quantitative estimate of drug-likeness (QED) is 0.206. The Morgan fingerprint density at radius 2 is 1.58 bits per heavy atom. The van der Waals surface area contributed by atoms with Crippen LogP contribution in [-0.4, -0.2) is 31.1 Å². The highest BCUT2D eigenvalue weighted by molar-refractivity contribution is 7.54.